The van der Waals surface area contributed by atoms with E-state index in [1.807, 2.05) is 22.6 Å². The van der Waals surface area contributed by atoms with Crippen molar-refractivity contribution < 1.29 is 13.5 Å². The second-order valence-electron chi connectivity index (χ2n) is 1.93. The highest BCUT2D eigenvalue weighted by molar-refractivity contribution is 14.1. The Balaban J connectivity index is 2.96. The van der Waals surface area contributed by atoms with Crippen LogP contribution in [0.25, 0.3) is 0 Å². The van der Waals surface area contributed by atoms with E-state index >= 15 is 0 Å². The average Bonchev–Trinajstić information content (AvgIpc) is 1.97. The number of hydrogen-bond acceptors (Lipinski definition) is 1. The van der Waals surface area contributed by atoms with Gasteiger partial charge in [-0.25, -0.2) is 0 Å². The van der Waals surface area contributed by atoms with Crippen LogP contribution in [0.1, 0.15) is 0 Å². The van der Waals surface area contributed by atoms with Crippen molar-refractivity contribution in [2.45, 2.75) is 6.61 Å². The van der Waals surface area contributed by atoms with E-state index in [0.717, 1.165) is 0 Å². The second kappa shape index (κ2) is 4.36. The number of halogens is 4. The normalized spacial score (nSPS) is 10.4. The topological polar surface area (TPSA) is 9.23 Å². The molecule has 12 heavy (non-hydrogen) atoms. The van der Waals surface area contributed by atoms with Crippen LogP contribution in [-0.4, -0.2) is 6.61 Å². The lowest BCUT2D eigenvalue weighted by molar-refractivity contribution is -0.0509. The predicted molar refractivity (Wildman–Crippen MR) is 53.5 cm³/mol. The third-order valence-electron chi connectivity index (χ3n) is 1.13. The summed E-state index contributed by atoms with van der Waals surface area (Å²) in [5.41, 5.74) is 0. The van der Waals surface area contributed by atoms with Crippen molar-refractivity contribution in [1.82, 2.24) is 0 Å². The van der Waals surface area contributed by atoms with E-state index in [9.17, 15) is 8.78 Å². The molecular weight excluding hydrogens is 345 g/mol. The van der Waals surface area contributed by atoms with Gasteiger partial charge in [-0.2, -0.15) is 8.78 Å². The maximum Gasteiger partial charge on any atom is 0.387 e. The van der Waals surface area contributed by atoms with E-state index in [-0.39, 0.29) is 5.75 Å². The van der Waals surface area contributed by atoms with Gasteiger partial charge in [0.05, 0.1) is 8.04 Å². The zero-order valence-electron chi connectivity index (χ0n) is 5.73. The van der Waals surface area contributed by atoms with E-state index in [1.165, 1.54) is 0 Å². The standard InChI is InChI=1S/C7H4BrF2IO/c8-4-2-1-3-5(11)6(4)12-7(9)10/h1-3,7H. The van der Waals surface area contributed by atoms with Crippen LogP contribution < -0.4 is 4.74 Å². The number of hydrogen-bond donors (Lipinski definition) is 0. The summed E-state index contributed by atoms with van der Waals surface area (Å²) in [4.78, 5) is 0. The van der Waals surface area contributed by atoms with Crippen LogP contribution in [0.4, 0.5) is 8.78 Å². The molecule has 0 aliphatic rings. The molecule has 0 unspecified atom stereocenters. The molecule has 0 spiro atoms. The van der Waals surface area contributed by atoms with Gasteiger partial charge in [0, 0.05) is 0 Å². The quantitative estimate of drug-likeness (QED) is 0.741. The molecule has 1 nitrogen and oxygen atoms in total. The molecular formula is C7H4BrF2IO. The molecule has 0 aromatic heterocycles. The first-order valence-electron chi connectivity index (χ1n) is 3.00. The highest BCUT2D eigenvalue weighted by Gasteiger charge is 2.10. The van der Waals surface area contributed by atoms with Crippen molar-refractivity contribution in [1.29, 1.82) is 0 Å². The van der Waals surface area contributed by atoms with Crippen molar-refractivity contribution in [3.8, 4) is 5.75 Å². The molecule has 0 amide bonds. The number of alkyl halides is 2. The zero-order valence-corrected chi connectivity index (χ0v) is 9.47. The van der Waals surface area contributed by atoms with E-state index < -0.39 is 6.61 Å². The van der Waals surface area contributed by atoms with Gasteiger partial charge in [-0.15, -0.1) is 0 Å². The number of ether oxygens (including phenoxy) is 1. The number of rotatable bonds is 2. The van der Waals surface area contributed by atoms with Crippen molar-refractivity contribution in [2.75, 3.05) is 0 Å². The number of benzene rings is 1. The molecule has 0 N–H and O–H groups in total. The fourth-order valence-electron chi connectivity index (χ4n) is 0.684. The summed E-state index contributed by atoms with van der Waals surface area (Å²) >= 11 is 5.04. The molecule has 0 aliphatic heterocycles. The fourth-order valence-corrected chi connectivity index (χ4v) is 2.14. The third-order valence-corrected chi connectivity index (χ3v) is 2.60. The Bertz CT molecular complexity index is 260. The van der Waals surface area contributed by atoms with Gasteiger partial charge in [0.25, 0.3) is 0 Å². The van der Waals surface area contributed by atoms with Gasteiger partial charge in [-0.05, 0) is 50.7 Å². The molecule has 0 saturated heterocycles. The molecule has 0 aliphatic carbocycles. The Morgan fingerprint density at radius 3 is 2.58 bits per heavy atom. The van der Waals surface area contributed by atoms with Gasteiger partial charge in [0.2, 0.25) is 0 Å². The van der Waals surface area contributed by atoms with E-state index in [1.54, 1.807) is 18.2 Å². The van der Waals surface area contributed by atoms with Crippen LogP contribution in [0.5, 0.6) is 5.75 Å². The summed E-state index contributed by atoms with van der Waals surface area (Å²) in [5.74, 6) is 0.188. The molecule has 66 valence electrons. The highest BCUT2D eigenvalue weighted by Crippen LogP contribution is 2.31. The molecule has 0 heterocycles. The molecule has 0 fully saturated rings. The number of para-hydroxylation sites is 1. The maximum absolute atomic E-state index is 11.8. The van der Waals surface area contributed by atoms with Gasteiger partial charge < -0.3 is 4.74 Å². The van der Waals surface area contributed by atoms with Crippen molar-refractivity contribution in [2.24, 2.45) is 0 Å². The van der Waals surface area contributed by atoms with Gasteiger partial charge >= 0.3 is 6.61 Å². The lowest BCUT2D eigenvalue weighted by Gasteiger charge is -2.07. The van der Waals surface area contributed by atoms with Crippen LogP contribution in [0.3, 0.4) is 0 Å². The lowest BCUT2D eigenvalue weighted by atomic mass is 10.3. The minimum Gasteiger partial charge on any atom is -0.432 e. The summed E-state index contributed by atoms with van der Waals surface area (Å²) in [6.45, 7) is -2.78. The summed E-state index contributed by atoms with van der Waals surface area (Å²) in [6.07, 6.45) is 0. The second-order valence-corrected chi connectivity index (χ2v) is 3.95. The molecule has 5 heteroatoms. The summed E-state index contributed by atoms with van der Waals surface area (Å²) < 4.78 is 29.1. The Kier molecular flexibility index (Phi) is 3.70. The smallest absolute Gasteiger partial charge is 0.387 e. The van der Waals surface area contributed by atoms with E-state index in [4.69, 9.17) is 0 Å². The van der Waals surface area contributed by atoms with Gasteiger partial charge in [0.15, 0.2) is 5.75 Å². The fraction of sp³-hybridized carbons (Fsp3) is 0.143. The predicted octanol–water partition coefficient (Wildman–Crippen LogP) is 3.66. The van der Waals surface area contributed by atoms with Crippen molar-refractivity contribution in [3.05, 3.63) is 26.2 Å². The Labute approximate surface area is 90.4 Å². The van der Waals surface area contributed by atoms with Crippen molar-refractivity contribution >= 4 is 38.5 Å². The summed E-state index contributed by atoms with van der Waals surface area (Å²) in [7, 11) is 0. The minimum atomic E-state index is -2.78. The molecule has 1 aromatic carbocycles. The largest absolute Gasteiger partial charge is 0.432 e. The Morgan fingerprint density at radius 1 is 1.42 bits per heavy atom. The van der Waals surface area contributed by atoms with Crippen LogP contribution in [0.2, 0.25) is 0 Å². The Hall–Kier alpha value is 0.0900. The molecule has 1 rings (SSSR count). The molecule has 1 aromatic rings. The van der Waals surface area contributed by atoms with Crippen LogP contribution >= 0.6 is 38.5 Å². The van der Waals surface area contributed by atoms with Gasteiger partial charge in [0.1, 0.15) is 0 Å². The van der Waals surface area contributed by atoms with E-state index in [2.05, 4.69) is 20.7 Å². The van der Waals surface area contributed by atoms with Crippen LogP contribution in [-0.2, 0) is 0 Å². The maximum atomic E-state index is 11.8. The molecule has 0 radical (unpaired) electrons. The lowest BCUT2D eigenvalue weighted by Crippen LogP contribution is -2.03. The monoisotopic (exact) mass is 348 g/mol. The first-order valence-corrected chi connectivity index (χ1v) is 4.87. The molecule has 0 atom stereocenters. The van der Waals surface area contributed by atoms with Crippen molar-refractivity contribution in [3.63, 3.8) is 0 Å². The first kappa shape index (κ1) is 10.2. The van der Waals surface area contributed by atoms with E-state index in [0.29, 0.717) is 8.04 Å². The third kappa shape index (κ3) is 2.55. The average molecular weight is 349 g/mol. The SMILES string of the molecule is FC(F)Oc1c(Br)cccc1I. The van der Waals surface area contributed by atoms with Gasteiger partial charge in [-0.3, -0.25) is 0 Å². The highest BCUT2D eigenvalue weighted by atomic mass is 127. The first-order chi connectivity index (χ1) is 5.61. The Morgan fingerprint density at radius 2 is 2.08 bits per heavy atom. The van der Waals surface area contributed by atoms with Crippen LogP contribution in [0, 0.1) is 3.57 Å². The molecule has 0 saturated carbocycles. The molecule has 0 bridgehead atoms. The summed E-state index contributed by atoms with van der Waals surface area (Å²) in [6, 6.07) is 5.10. The van der Waals surface area contributed by atoms with Crippen LogP contribution in [0.15, 0.2) is 22.7 Å². The summed E-state index contributed by atoms with van der Waals surface area (Å²) in [5, 5.41) is 0. The zero-order chi connectivity index (χ0) is 9.14. The van der Waals surface area contributed by atoms with Gasteiger partial charge in [-0.1, -0.05) is 6.07 Å². The minimum absolute atomic E-state index is 0.188.